The van der Waals surface area contributed by atoms with Gasteiger partial charge < -0.3 is 20.3 Å². The van der Waals surface area contributed by atoms with Crippen LogP contribution in [0.15, 0.2) is 73.3 Å². The summed E-state index contributed by atoms with van der Waals surface area (Å²) in [5.41, 5.74) is 6.18. The SMILES string of the molecule is C=C(OCCc1ccc(Cl)cc1)C(=O)N(/C=C\N)c1ccc(OCC(C)(C)O)cc1. The second kappa shape index (κ2) is 10.7. The smallest absolute Gasteiger partial charge is 0.296 e. The van der Waals surface area contributed by atoms with Gasteiger partial charge in [-0.15, -0.1) is 0 Å². The first-order chi connectivity index (χ1) is 14.2. The lowest BCUT2D eigenvalue weighted by Crippen LogP contribution is -2.28. The molecule has 0 unspecified atom stereocenters. The number of halogens is 1. The summed E-state index contributed by atoms with van der Waals surface area (Å²) in [5.74, 6) is 0.144. The van der Waals surface area contributed by atoms with Crippen molar-refractivity contribution in [3.05, 3.63) is 83.9 Å². The Morgan fingerprint density at radius 3 is 2.40 bits per heavy atom. The van der Waals surface area contributed by atoms with Gasteiger partial charge in [-0.25, -0.2) is 0 Å². The molecule has 0 saturated heterocycles. The maximum atomic E-state index is 12.8. The average Bonchev–Trinajstić information content (AvgIpc) is 2.71. The second-order valence-corrected chi connectivity index (χ2v) is 7.70. The largest absolute Gasteiger partial charge is 0.491 e. The highest BCUT2D eigenvalue weighted by Gasteiger charge is 2.19. The molecule has 0 bridgehead atoms. The van der Waals surface area contributed by atoms with Crippen LogP contribution in [0, 0.1) is 0 Å². The molecule has 0 radical (unpaired) electrons. The second-order valence-electron chi connectivity index (χ2n) is 7.26. The zero-order valence-corrected chi connectivity index (χ0v) is 17.9. The molecule has 2 aromatic rings. The third-order valence-corrected chi connectivity index (χ3v) is 4.23. The number of rotatable bonds is 10. The van der Waals surface area contributed by atoms with Crippen molar-refractivity contribution in [2.45, 2.75) is 25.9 Å². The van der Waals surface area contributed by atoms with Gasteiger partial charge in [0.15, 0.2) is 5.76 Å². The fraction of sp³-hybridized carbons (Fsp3) is 0.261. The average molecular weight is 431 g/mol. The molecule has 2 rings (SSSR count). The molecule has 0 aliphatic heterocycles. The fourth-order valence-electron chi connectivity index (χ4n) is 2.46. The van der Waals surface area contributed by atoms with Gasteiger partial charge in [-0.3, -0.25) is 9.69 Å². The molecule has 6 nitrogen and oxygen atoms in total. The van der Waals surface area contributed by atoms with Gasteiger partial charge in [0, 0.05) is 29.5 Å². The molecule has 0 heterocycles. The number of carbonyl (C=O) groups is 1. The van der Waals surface area contributed by atoms with Crippen LogP contribution >= 0.6 is 11.6 Å². The van der Waals surface area contributed by atoms with Gasteiger partial charge in [0.05, 0.1) is 12.2 Å². The summed E-state index contributed by atoms with van der Waals surface area (Å²) >= 11 is 5.88. The maximum absolute atomic E-state index is 12.8. The lowest BCUT2D eigenvalue weighted by Gasteiger charge is -2.21. The Balaban J connectivity index is 1.97. The van der Waals surface area contributed by atoms with Crippen LogP contribution in [0.3, 0.4) is 0 Å². The first-order valence-electron chi connectivity index (χ1n) is 9.43. The molecular weight excluding hydrogens is 404 g/mol. The highest BCUT2D eigenvalue weighted by atomic mass is 35.5. The Hall–Kier alpha value is -2.96. The van der Waals surface area contributed by atoms with Crippen molar-refractivity contribution in [3.63, 3.8) is 0 Å². The van der Waals surface area contributed by atoms with Crippen LogP contribution in [0.1, 0.15) is 19.4 Å². The molecule has 7 heteroatoms. The summed E-state index contributed by atoms with van der Waals surface area (Å²) in [6, 6.07) is 14.2. The van der Waals surface area contributed by atoms with Gasteiger partial charge >= 0.3 is 0 Å². The third-order valence-electron chi connectivity index (χ3n) is 3.98. The van der Waals surface area contributed by atoms with E-state index in [2.05, 4.69) is 6.58 Å². The zero-order valence-electron chi connectivity index (χ0n) is 17.2. The van der Waals surface area contributed by atoms with E-state index in [9.17, 15) is 9.90 Å². The predicted molar refractivity (Wildman–Crippen MR) is 119 cm³/mol. The number of benzene rings is 2. The molecule has 0 spiro atoms. The van der Waals surface area contributed by atoms with Crippen molar-refractivity contribution in [1.82, 2.24) is 0 Å². The standard InChI is InChI=1S/C23H27ClN2O4/c1-17(29-15-12-18-4-6-19(24)7-5-18)22(27)26(14-13-25)20-8-10-21(11-9-20)30-16-23(2,3)28/h4-11,13-14,28H,1,12,15-16,25H2,2-3H3/b14-13-. The van der Waals surface area contributed by atoms with Gasteiger partial charge in [0.2, 0.25) is 0 Å². The zero-order chi connectivity index (χ0) is 22.1. The highest BCUT2D eigenvalue weighted by molar-refractivity contribution is 6.30. The van der Waals surface area contributed by atoms with Gasteiger partial charge in [-0.1, -0.05) is 30.3 Å². The quantitative estimate of drug-likeness (QED) is 0.439. The number of amides is 1. The Kier molecular flexibility index (Phi) is 8.33. The molecule has 160 valence electrons. The summed E-state index contributed by atoms with van der Waals surface area (Å²) in [6.07, 6.45) is 3.31. The van der Waals surface area contributed by atoms with Crippen LogP contribution in [0.2, 0.25) is 5.02 Å². The van der Waals surface area contributed by atoms with Crippen molar-refractivity contribution >= 4 is 23.2 Å². The van der Waals surface area contributed by atoms with Crippen molar-refractivity contribution < 1.29 is 19.4 Å². The molecule has 0 aromatic heterocycles. The van der Waals surface area contributed by atoms with E-state index in [4.69, 9.17) is 26.8 Å². The minimum absolute atomic E-state index is 0.00409. The molecule has 0 fully saturated rings. The number of anilines is 1. The van der Waals surface area contributed by atoms with Crippen LogP contribution < -0.4 is 15.4 Å². The Bertz CT molecular complexity index is 872. The molecule has 3 N–H and O–H groups in total. The molecule has 2 aromatic carbocycles. The Labute approximate surface area is 182 Å². The molecule has 30 heavy (non-hydrogen) atoms. The van der Waals surface area contributed by atoms with E-state index in [1.165, 1.54) is 17.3 Å². The third kappa shape index (κ3) is 7.46. The predicted octanol–water partition coefficient (Wildman–Crippen LogP) is 4.03. The topological polar surface area (TPSA) is 85.0 Å². The molecule has 1 amide bonds. The number of nitrogens with zero attached hydrogens (tertiary/aromatic N) is 1. The van der Waals surface area contributed by atoms with E-state index in [-0.39, 0.29) is 12.4 Å². The van der Waals surface area contributed by atoms with E-state index >= 15 is 0 Å². The van der Waals surface area contributed by atoms with E-state index in [1.807, 2.05) is 12.1 Å². The first-order valence-corrected chi connectivity index (χ1v) is 9.81. The number of hydrogen-bond acceptors (Lipinski definition) is 5. The first kappa shape index (κ1) is 23.3. The van der Waals surface area contributed by atoms with Crippen molar-refractivity contribution in [2.24, 2.45) is 5.73 Å². The lowest BCUT2D eigenvalue weighted by molar-refractivity contribution is -0.117. The van der Waals surface area contributed by atoms with Crippen LogP contribution in [0.5, 0.6) is 5.75 Å². The number of carbonyl (C=O) groups excluding carboxylic acids is 1. The summed E-state index contributed by atoms with van der Waals surface area (Å²) in [7, 11) is 0. The van der Waals surface area contributed by atoms with Gasteiger partial charge in [-0.2, -0.15) is 0 Å². The van der Waals surface area contributed by atoms with Gasteiger partial charge in [0.25, 0.3) is 5.91 Å². The van der Waals surface area contributed by atoms with Crippen LogP contribution in [0.25, 0.3) is 0 Å². The van der Waals surface area contributed by atoms with Crippen molar-refractivity contribution in [1.29, 1.82) is 0 Å². The maximum Gasteiger partial charge on any atom is 0.296 e. The summed E-state index contributed by atoms with van der Waals surface area (Å²) in [6.45, 7) is 7.51. The minimum atomic E-state index is -0.940. The molecule has 0 aliphatic carbocycles. The molecular formula is C23H27ClN2O4. The highest BCUT2D eigenvalue weighted by Crippen LogP contribution is 2.22. The number of nitrogens with two attached hydrogens (primary N) is 1. The van der Waals surface area contributed by atoms with Crippen molar-refractivity contribution in [2.75, 3.05) is 18.1 Å². The number of hydrogen-bond donors (Lipinski definition) is 2. The van der Waals surface area contributed by atoms with Crippen LogP contribution in [-0.4, -0.2) is 29.8 Å². The summed E-state index contributed by atoms with van der Waals surface area (Å²) in [4.78, 5) is 14.1. The van der Waals surface area contributed by atoms with Crippen LogP contribution in [-0.2, 0) is 16.0 Å². The van der Waals surface area contributed by atoms with Crippen LogP contribution in [0.4, 0.5) is 5.69 Å². The van der Waals surface area contributed by atoms with E-state index in [1.54, 1.807) is 50.2 Å². The summed E-state index contributed by atoms with van der Waals surface area (Å²) in [5, 5.41) is 10.4. The Morgan fingerprint density at radius 1 is 1.20 bits per heavy atom. The summed E-state index contributed by atoms with van der Waals surface area (Å²) < 4.78 is 11.1. The minimum Gasteiger partial charge on any atom is -0.491 e. The van der Waals surface area contributed by atoms with E-state index < -0.39 is 11.5 Å². The van der Waals surface area contributed by atoms with Gasteiger partial charge in [0.1, 0.15) is 12.4 Å². The molecule has 0 saturated carbocycles. The number of ether oxygens (including phenoxy) is 2. The van der Waals surface area contributed by atoms with Gasteiger partial charge in [-0.05, 0) is 55.8 Å². The number of aliphatic hydroxyl groups is 1. The Morgan fingerprint density at radius 2 is 1.83 bits per heavy atom. The molecule has 0 aliphatic rings. The normalized spacial score (nSPS) is 11.3. The van der Waals surface area contributed by atoms with E-state index in [0.717, 1.165) is 5.56 Å². The molecule has 0 atom stereocenters. The fourth-order valence-corrected chi connectivity index (χ4v) is 2.59. The van der Waals surface area contributed by atoms with E-state index in [0.29, 0.717) is 29.5 Å². The monoisotopic (exact) mass is 430 g/mol. The van der Waals surface area contributed by atoms with Crippen molar-refractivity contribution in [3.8, 4) is 5.75 Å². The lowest BCUT2D eigenvalue weighted by atomic mass is 10.2.